The van der Waals surface area contributed by atoms with Gasteiger partial charge in [-0.2, -0.15) is 13.2 Å². The third kappa shape index (κ3) is 3.43. The molecule has 0 fully saturated rings. The van der Waals surface area contributed by atoms with E-state index in [2.05, 4.69) is 15.5 Å². The summed E-state index contributed by atoms with van der Waals surface area (Å²) in [5.74, 6) is -0.134. The molecule has 0 saturated heterocycles. The summed E-state index contributed by atoms with van der Waals surface area (Å²) < 4.78 is 49.8. The van der Waals surface area contributed by atoms with Crippen molar-refractivity contribution in [2.75, 3.05) is 5.32 Å². The molecular weight excluding hydrogens is 274 g/mol. The Morgan fingerprint density at radius 1 is 1.00 bits per heavy atom. The summed E-state index contributed by atoms with van der Waals surface area (Å²) in [6.07, 6.45) is -4.51. The normalized spacial score (nSPS) is 13.1. The van der Waals surface area contributed by atoms with Gasteiger partial charge in [0.15, 0.2) is 5.69 Å². The average Bonchev–Trinajstić information content (AvgIpc) is 2.39. The second-order valence-electron chi connectivity index (χ2n) is 4.22. The van der Waals surface area contributed by atoms with E-state index in [4.69, 9.17) is 0 Å². The summed E-state index contributed by atoms with van der Waals surface area (Å²) in [7, 11) is 0. The molecule has 1 unspecified atom stereocenters. The number of hydrogen-bond acceptors (Lipinski definition) is 3. The molecule has 7 heteroatoms. The highest BCUT2D eigenvalue weighted by molar-refractivity contribution is 5.37. The van der Waals surface area contributed by atoms with Crippen LogP contribution < -0.4 is 5.32 Å². The zero-order valence-corrected chi connectivity index (χ0v) is 10.4. The van der Waals surface area contributed by atoms with Gasteiger partial charge in [-0.1, -0.05) is 12.1 Å². The average molecular weight is 285 g/mol. The van der Waals surface area contributed by atoms with Crippen LogP contribution in [-0.2, 0) is 6.18 Å². The van der Waals surface area contributed by atoms with Crippen LogP contribution in [-0.4, -0.2) is 10.2 Å². The van der Waals surface area contributed by atoms with Crippen LogP contribution in [0.3, 0.4) is 0 Å². The monoisotopic (exact) mass is 285 g/mol. The van der Waals surface area contributed by atoms with Gasteiger partial charge in [-0.15, -0.1) is 10.2 Å². The highest BCUT2D eigenvalue weighted by atomic mass is 19.4. The molecule has 20 heavy (non-hydrogen) atoms. The number of nitrogens with zero attached hydrogens (tertiary/aromatic N) is 2. The Morgan fingerprint density at radius 3 is 2.15 bits per heavy atom. The first-order valence-electron chi connectivity index (χ1n) is 5.79. The zero-order valence-electron chi connectivity index (χ0n) is 10.4. The van der Waals surface area contributed by atoms with Crippen LogP contribution in [0.5, 0.6) is 0 Å². The first kappa shape index (κ1) is 14.2. The van der Waals surface area contributed by atoms with Crippen molar-refractivity contribution in [1.82, 2.24) is 10.2 Å². The van der Waals surface area contributed by atoms with Gasteiger partial charge in [0.25, 0.3) is 0 Å². The number of halogens is 4. The standard InChI is InChI=1S/C13H11F4N3/c1-8(9-2-4-10(14)5-3-9)18-12-7-6-11(19-20-12)13(15,16)17/h2-8H,1H3,(H,18,20). The van der Waals surface area contributed by atoms with Crippen molar-refractivity contribution in [2.24, 2.45) is 0 Å². The van der Waals surface area contributed by atoms with Crippen molar-refractivity contribution in [2.45, 2.75) is 19.1 Å². The van der Waals surface area contributed by atoms with Crippen LogP contribution in [0, 0.1) is 5.82 Å². The minimum Gasteiger partial charge on any atom is -0.362 e. The summed E-state index contributed by atoms with van der Waals surface area (Å²) in [5.41, 5.74) is -0.259. The molecule has 1 atom stereocenters. The van der Waals surface area contributed by atoms with Crippen LogP contribution in [0.25, 0.3) is 0 Å². The second kappa shape index (κ2) is 5.44. The van der Waals surface area contributed by atoms with E-state index < -0.39 is 11.9 Å². The van der Waals surface area contributed by atoms with Gasteiger partial charge >= 0.3 is 6.18 Å². The quantitative estimate of drug-likeness (QED) is 0.871. The zero-order chi connectivity index (χ0) is 14.8. The SMILES string of the molecule is CC(Nc1ccc(C(F)(F)F)nn1)c1ccc(F)cc1. The predicted molar refractivity (Wildman–Crippen MR) is 65.5 cm³/mol. The summed E-state index contributed by atoms with van der Waals surface area (Å²) in [6.45, 7) is 1.78. The minimum absolute atomic E-state index is 0.217. The predicted octanol–water partition coefficient (Wildman–Crippen LogP) is 3.81. The molecule has 1 N–H and O–H groups in total. The van der Waals surface area contributed by atoms with E-state index in [1.165, 1.54) is 18.2 Å². The van der Waals surface area contributed by atoms with E-state index >= 15 is 0 Å². The Hall–Kier alpha value is -2.18. The Kier molecular flexibility index (Phi) is 3.87. The van der Waals surface area contributed by atoms with Crippen LogP contribution in [0.1, 0.15) is 24.2 Å². The largest absolute Gasteiger partial charge is 0.435 e. The Bertz CT molecular complexity index is 564. The van der Waals surface area contributed by atoms with Crippen LogP contribution in [0.2, 0.25) is 0 Å². The minimum atomic E-state index is -4.51. The van der Waals surface area contributed by atoms with Crippen LogP contribution in [0.15, 0.2) is 36.4 Å². The van der Waals surface area contributed by atoms with Gasteiger partial charge in [-0.05, 0) is 36.8 Å². The summed E-state index contributed by atoms with van der Waals surface area (Å²) in [4.78, 5) is 0. The van der Waals surface area contributed by atoms with Crippen LogP contribution in [0.4, 0.5) is 23.4 Å². The second-order valence-corrected chi connectivity index (χ2v) is 4.22. The Morgan fingerprint density at radius 2 is 1.65 bits per heavy atom. The van der Waals surface area contributed by atoms with Crippen molar-refractivity contribution in [3.8, 4) is 0 Å². The Labute approximate surface area is 112 Å². The number of nitrogens with one attached hydrogen (secondary N) is 1. The molecule has 0 aliphatic heterocycles. The van der Waals surface area contributed by atoms with Gasteiger partial charge in [0.05, 0.1) is 6.04 Å². The molecule has 0 amide bonds. The van der Waals surface area contributed by atoms with E-state index in [0.717, 1.165) is 11.6 Å². The van der Waals surface area contributed by atoms with E-state index in [9.17, 15) is 17.6 Å². The molecule has 0 spiro atoms. The molecule has 0 bridgehead atoms. The topological polar surface area (TPSA) is 37.8 Å². The fourth-order valence-corrected chi connectivity index (χ4v) is 1.62. The maximum atomic E-state index is 12.8. The number of aromatic nitrogens is 2. The van der Waals surface area contributed by atoms with Crippen molar-refractivity contribution in [1.29, 1.82) is 0 Å². The molecule has 0 saturated carbocycles. The number of rotatable bonds is 3. The van der Waals surface area contributed by atoms with Gasteiger partial charge in [-0.25, -0.2) is 4.39 Å². The lowest BCUT2D eigenvalue weighted by Gasteiger charge is -2.14. The summed E-state index contributed by atoms with van der Waals surface area (Å²) in [6, 6.07) is 7.62. The number of alkyl halides is 3. The summed E-state index contributed by atoms with van der Waals surface area (Å²) in [5, 5.41) is 9.48. The maximum absolute atomic E-state index is 12.8. The van der Waals surface area contributed by atoms with Gasteiger partial charge in [-0.3, -0.25) is 0 Å². The lowest BCUT2D eigenvalue weighted by Crippen LogP contribution is -2.12. The number of benzene rings is 1. The van der Waals surface area contributed by atoms with Crippen molar-refractivity contribution >= 4 is 5.82 Å². The first-order chi connectivity index (χ1) is 9.36. The van der Waals surface area contributed by atoms with Gasteiger partial charge in [0.2, 0.25) is 0 Å². The third-order valence-corrected chi connectivity index (χ3v) is 2.69. The molecule has 2 aromatic rings. The van der Waals surface area contributed by atoms with Crippen molar-refractivity contribution in [3.05, 3.63) is 53.5 Å². The number of anilines is 1. The summed E-state index contributed by atoms with van der Waals surface area (Å²) >= 11 is 0. The number of hydrogen-bond donors (Lipinski definition) is 1. The fourth-order valence-electron chi connectivity index (χ4n) is 1.62. The van der Waals surface area contributed by atoms with Gasteiger partial charge in [0, 0.05) is 0 Å². The molecular formula is C13H11F4N3. The molecule has 0 aliphatic carbocycles. The van der Waals surface area contributed by atoms with Gasteiger partial charge in [0.1, 0.15) is 11.6 Å². The van der Waals surface area contributed by atoms with Crippen LogP contribution >= 0.6 is 0 Å². The van der Waals surface area contributed by atoms with E-state index in [0.29, 0.717) is 0 Å². The van der Waals surface area contributed by atoms with Gasteiger partial charge < -0.3 is 5.32 Å². The first-order valence-corrected chi connectivity index (χ1v) is 5.79. The maximum Gasteiger partial charge on any atom is 0.435 e. The molecule has 0 radical (unpaired) electrons. The molecule has 1 heterocycles. The molecule has 0 aliphatic rings. The molecule has 3 nitrogen and oxygen atoms in total. The fraction of sp³-hybridized carbons (Fsp3) is 0.231. The molecule has 106 valence electrons. The van der Waals surface area contributed by atoms with Crippen molar-refractivity contribution < 1.29 is 17.6 Å². The molecule has 1 aromatic heterocycles. The Balaban J connectivity index is 2.08. The van der Waals surface area contributed by atoms with Crippen molar-refractivity contribution in [3.63, 3.8) is 0 Å². The van der Waals surface area contributed by atoms with E-state index in [1.54, 1.807) is 19.1 Å². The lowest BCUT2D eigenvalue weighted by molar-refractivity contribution is -0.141. The third-order valence-electron chi connectivity index (χ3n) is 2.69. The van der Waals surface area contributed by atoms with E-state index in [1.807, 2.05) is 0 Å². The molecule has 1 aromatic carbocycles. The smallest absolute Gasteiger partial charge is 0.362 e. The lowest BCUT2D eigenvalue weighted by atomic mass is 10.1. The molecule has 2 rings (SSSR count). The highest BCUT2D eigenvalue weighted by Gasteiger charge is 2.32. The van der Waals surface area contributed by atoms with E-state index in [-0.39, 0.29) is 17.7 Å². The highest BCUT2D eigenvalue weighted by Crippen LogP contribution is 2.27.